The van der Waals surface area contributed by atoms with Crippen LogP contribution in [0.3, 0.4) is 0 Å². The van der Waals surface area contributed by atoms with Crippen LogP contribution >= 0.6 is 34.3 Å². The third-order valence-corrected chi connectivity index (χ3v) is 14.2. The van der Waals surface area contributed by atoms with E-state index in [0.29, 0.717) is 40.2 Å². The van der Waals surface area contributed by atoms with Gasteiger partial charge < -0.3 is 21.0 Å². The van der Waals surface area contributed by atoms with Crippen molar-refractivity contribution >= 4 is 66.1 Å². The second-order valence-electron chi connectivity index (χ2n) is 15.2. The summed E-state index contributed by atoms with van der Waals surface area (Å²) in [7, 11) is 0. The predicted octanol–water partition coefficient (Wildman–Crippen LogP) is 8.70. The molecule has 1 amide bonds. The molecule has 0 spiro atoms. The molecule has 10 rings (SSSR count). The zero-order valence-corrected chi connectivity index (χ0v) is 30.0. The molecule has 46 heavy (non-hydrogen) atoms. The number of halogens is 1. The van der Waals surface area contributed by atoms with Gasteiger partial charge in [-0.25, -0.2) is 9.97 Å². The minimum absolute atomic E-state index is 0. The summed E-state index contributed by atoms with van der Waals surface area (Å²) >= 11 is 8.44. The number of fused-ring (bicyclic) bond motifs is 6. The Morgan fingerprint density at radius 2 is 1.33 bits per heavy atom. The van der Waals surface area contributed by atoms with Gasteiger partial charge in [-0.1, -0.05) is 49.0 Å². The molecular weight excluding hydrogens is 636 g/mol. The highest BCUT2D eigenvalue weighted by atomic mass is 35.5. The Labute approximate surface area is 286 Å². The van der Waals surface area contributed by atoms with Gasteiger partial charge in [-0.15, -0.1) is 22.7 Å². The molecule has 8 nitrogen and oxygen atoms in total. The summed E-state index contributed by atoms with van der Waals surface area (Å²) in [6.07, 6.45) is 5.16. The molecule has 5 N–H and O–H groups in total. The number of hydrogen-bond donors (Lipinski definition) is 4. The lowest BCUT2D eigenvalue weighted by atomic mass is 9.45. The van der Waals surface area contributed by atoms with Crippen LogP contribution in [0.1, 0.15) is 106 Å². The quantitative estimate of drug-likeness (QED) is 0.160. The minimum atomic E-state index is -0.474. The van der Waals surface area contributed by atoms with Crippen molar-refractivity contribution in [3.8, 4) is 0 Å². The van der Waals surface area contributed by atoms with Gasteiger partial charge in [0.2, 0.25) is 0 Å². The molecule has 4 bridgehead atoms. The Balaban J connectivity index is 0.000000147. The van der Waals surface area contributed by atoms with Gasteiger partial charge >= 0.3 is 0 Å². The number of aryl methyl sites for hydroxylation is 2. The third-order valence-electron chi connectivity index (χ3n) is 12.1. The number of aromatic amines is 2. The van der Waals surface area contributed by atoms with E-state index in [1.54, 1.807) is 17.4 Å². The summed E-state index contributed by atoms with van der Waals surface area (Å²) in [5, 5.41) is 4.78. The highest BCUT2D eigenvalue weighted by molar-refractivity contribution is 7.18. The maximum absolute atomic E-state index is 12.5. The number of nitrogens with two attached hydrogens (primary N) is 1. The molecule has 0 saturated heterocycles. The molecule has 0 aliphatic heterocycles. The molecule has 6 aliphatic rings. The summed E-state index contributed by atoms with van der Waals surface area (Å²) in [5.41, 5.74) is 9.69. The van der Waals surface area contributed by atoms with Gasteiger partial charge in [-0.05, 0) is 110 Å². The average Bonchev–Trinajstić information content (AvgIpc) is 3.71. The van der Waals surface area contributed by atoms with Crippen LogP contribution < -0.4 is 11.1 Å². The monoisotopic (exact) mass is 686 g/mol. The van der Waals surface area contributed by atoms with E-state index < -0.39 is 5.24 Å². The fourth-order valence-electron chi connectivity index (χ4n) is 8.85. The first-order valence-electron chi connectivity index (χ1n) is 16.2. The number of carbonyl (C=O) groups excluding carboxylic acids is 2. The van der Waals surface area contributed by atoms with Crippen molar-refractivity contribution in [1.82, 2.24) is 25.3 Å². The van der Waals surface area contributed by atoms with Crippen molar-refractivity contribution in [3.63, 3.8) is 0 Å². The van der Waals surface area contributed by atoms with Crippen LogP contribution in [-0.4, -0.2) is 43.2 Å². The Bertz CT molecular complexity index is 1670. The van der Waals surface area contributed by atoms with Crippen molar-refractivity contribution in [2.75, 3.05) is 0 Å². The van der Waals surface area contributed by atoms with E-state index in [0.717, 1.165) is 66.7 Å². The van der Waals surface area contributed by atoms with Gasteiger partial charge in [0.05, 0.1) is 19.4 Å². The molecule has 6 saturated carbocycles. The average molecular weight is 687 g/mol. The van der Waals surface area contributed by atoms with Crippen molar-refractivity contribution in [2.24, 2.45) is 52.1 Å². The number of hydrogen-bond acceptors (Lipinski definition) is 7. The van der Waals surface area contributed by atoms with Crippen molar-refractivity contribution in [3.05, 3.63) is 33.5 Å². The van der Waals surface area contributed by atoms with Crippen LogP contribution in [0.2, 0.25) is 0 Å². The van der Waals surface area contributed by atoms with E-state index in [4.69, 9.17) is 17.3 Å². The van der Waals surface area contributed by atoms with Crippen LogP contribution in [0.4, 0.5) is 0 Å². The number of carbonyl (C=O) groups is 2. The molecule has 4 heterocycles. The number of nitrogens with zero attached hydrogens (tertiary/aromatic N) is 2. The van der Waals surface area contributed by atoms with Crippen molar-refractivity contribution in [2.45, 2.75) is 101 Å². The lowest BCUT2D eigenvalue weighted by molar-refractivity contribution is -0.113. The molecule has 8 atom stereocenters. The number of thiazole rings is 2. The maximum atomic E-state index is 12.5. The highest BCUT2D eigenvalue weighted by Crippen LogP contribution is 2.62. The predicted molar refractivity (Wildman–Crippen MR) is 192 cm³/mol. The molecule has 4 aromatic heterocycles. The second-order valence-corrected chi connectivity index (χ2v) is 18.0. The highest BCUT2D eigenvalue weighted by Gasteiger charge is 2.57. The fraction of sp³-hybridized carbons (Fsp3) is 0.657. The van der Waals surface area contributed by atoms with Crippen molar-refractivity contribution in [1.29, 1.82) is 0 Å². The van der Waals surface area contributed by atoms with Gasteiger partial charge in [0, 0.05) is 12.1 Å². The van der Waals surface area contributed by atoms with Crippen LogP contribution in [0.15, 0.2) is 12.1 Å². The van der Waals surface area contributed by atoms with E-state index in [1.165, 1.54) is 30.6 Å². The SMILES string of the molecule is C.C[C@@H]1[C@@H](N)C[C@H]2C[C@@H]1C2(C)C.Cc1nc2[nH]c(C(=O)Cl)cc2s1.Cc1nc2[nH]c(C(=O)N[C@H]3C[C@H]4C[C@@H]([C@@H]3C)C4(C)C)cc2s1. The summed E-state index contributed by atoms with van der Waals surface area (Å²) in [6, 6.07) is 4.44. The summed E-state index contributed by atoms with van der Waals surface area (Å²) in [6.45, 7) is 18.1. The summed E-state index contributed by atoms with van der Waals surface area (Å²) in [4.78, 5) is 37.8. The molecule has 0 aromatic carbocycles. The first-order chi connectivity index (χ1) is 21.1. The molecule has 6 fully saturated rings. The van der Waals surface area contributed by atoms with Gasteiger partial charge in [0.1, 0.15) is 22.7 Å². The molecule has 0 unspecified atom stereocenters. The lowest BCUT2D eigenvalue weighted by Crippen LogP contribution is -2.60. The zero-order valence-electron chi connectivity index (χ0n) is 27.6. The minimum Gasteiger partial charge on any atom is -0.348 e. The standard InChI is InChI=1S/C17H23N3OS.C10H19N.C7H5ClN2OS.CH4/c1-8-11-5-10(17(11,3)4)6-12(8)20-16(21)13-7-14-15(19-13)18-9(2)22-14;1-6-8-4-7(5-9(6)11)10(8,2)3;1-3-9-7-5(12-3)2-4(10-7)6(8)11;/h7-8,10-12,19H,5-6H2,1-4H3,(H,20,21);6-9H,4-5,11H2,1-3H3;2,10H,1H3;1H4/t8-,10+,11-,12-;6-,7+,8-,9-;;/m00../s1. The normalized spacial score (nSPS) is 31.3. The van der Waals surface area contributed by atoms with E-state index in [1.807, 2.05) is 19.9 Å². The molecule has 11 heteroatoms. The van der Waals surface area contributed by atoms with Gasteiger partial charge in [0.25, 0.3) is 11.1 Å². The van der Waals surface area contributed by atoms with Crippen molar-refractivity contribution < 1.29 is 9.59 Å². The van der Waals surface area contributed by atoms with E-state index in [9.17, 15) is 9.59 Å². The van der Waals surface area contributed by atoms with Crippen LogP contribution in [0.25, 0.3) is 20.7 Å². The summed E-state index contributed by atoms with van der Waals surface area (Å²) in [5.74, 6) is 4.67. The largest absolute Gasteiger partial charge is 0.348 e. The number of rotatable bonds is 3. The van der Waals surface area contributed by atoms with Gasteiger partial charge in [0.15, 0.2) is 0 Å². The number of H-pyrrole nitrogens is 2. The molecular formula is C35H51ClN6O2S2. The Hall–Kier alpha value is -2.27. The molecule has 0 radical (unpaired) electrons. The van der Waals surface area contributed by atoms with Crippen LogP contribution in [0.5, 0.6) is 0 Å². The zero-order chi connectivity index (χ0) is 32.6. The topological polar surface area (TPSA) is 130 Å². The number of aromatic nitrogens is 4. The number of nitrogens with one attached hydrogen (secondary N) is 3. The van der Waals surface area contributed by atoms with Gasteiger partial charge in [-0.2, -0.15) is 0 Å². The van der Waals surface area contributed by atoms with Gasteiger partial charge in [-0.3, -0.25) is 9.59 Å². The molecule has 252 valence electrons. The van der Waals surface area contributed by atoms with E-state index in [2.05, 4.69) is 66.8 Å². The number of amides is 1. The molecule has 4 aromatic rings. The first-order valence-corrected chi connectivity index (χ1v) is 18.3. The molecule has 6 aliphatic carbocycles. The van der Waals surface area contributed by atoms with E-state index >= 15 is 0 Å². The fourth-order valence-corrected chi connectivity index (χ4v) is 10.6. The Kier molecular flexibility index (Phi) is 9.63. The smallest absolute Gasteiger partial charge is 0.268 e. The lowest BCUT2D eigenvalue weighted by Gasteiger charge is -2.62. The Morgan fingerprint density at radius 3 is 1.76 bits per heavy atom. The first kappa shape index (κ1) is 35.0. The van der Waals surface area contributed by atoms with Crippen LogP contribution in [-0.2, 0) is 0 Å². The Morgan fingerprint density at radius 1 is 0.848 bits per heavy atom. The third kappa shape index (κ3) is 6.19. The second kappa shape index (κ2) is 12.6. The summed E-state index contributed by atoms with van der Waals surface area (Å²) < 4.78 is 2.03. The maximum Gasteiger partial charge on any atom is 0.268 e. The van der Waals surface area contributed by atoms with E-state index in [-0.39, 0.29) is 13.3 Å². The van der Waals surface area contributed by atoms with Crippen LogP contribution in [0, 0.1) is 60.2 Å².